The Bertz CT molecular complexity index is 512. The fourth-order valence-electron chi connectivity index (χ4n) is 1.47. The van der Waals surface area contributed by atoms with Crippen LogP contribution in [-0.4, -0.2) is 24.9 Å². The number of alkyl halides is 2. The summed E-state index contributed by atoms with van der Waals surface area (Å²) >= 11 is 6.03. The molecule has 20 heavy (non-hydrogen) atoms. The van der Waals surface area contributed by atoms with Gasteiger partial charge in [-0.25, -0.2) is 8.78 Å². The van der Waals surface area contributed by atoms with Crippen molar-refractivity contribution in [1.82, 2.24) is 10.6 Å². The average Bonchev–Trinajstić information content (AvgIpc) is 2.35. The molecule has 0 radical (unpaired) electrons. The lowest BCUT2D eigenvalue weighted by Gasteiger charge is -2.14. The van der Waals surface area contributed by atoms with E-state index in [0.29, 0.717) is 16.3 Å². The van der Waals surface area contributed by atoms with Crippen molar-refractivity contribution in [2.24, 2.45) is 0 Å². The molecule has 3 nitrogen and oxygen atoms in total. The van der Waals surface area contributed by atoms with Gasteiger partial charge in [0.25, 0.3) is 5.92 Å². The van der Waals surface area contributed by atoms with Crippen LogP contribution >= 0.6 is 11.6 Å². The van der Waals surface area contributed by atoms with Gasteiger partial charge in [0.1, 0.15) is 0 Å². The van der Waals surface area contributed by atoms with Crippen molar-refractivity contribution in [2.75, 3.05) is 13.1 Å². The van der Waals surface area contributed by atoms with Crippen molar-refractivity contribution < 1.29 is 13.6 Å². The smallest absolute Gasteiger partial charge is 0.262 e. The van der Waals surface area contributed by atoms with Gasteiger partial charge >= 0.3 is 0 Å². The largest absolute Gasteiger partial charge is 0.376 e. The number of nitrogens with one attached hydrogen (secondary N) is 2. The molecule has 0 saturated heterocycles. The van der Waals surface area contributed by atoms with Gasteiger partial charge in [0, 0.05) is 23.2 Å². The third-order valence-corrected chi connectivity index (χ3v) is 2.83. The predicted octanol–water partition coefficient (Wildman–Crippen LogP) is 2.98. The SMILES string of the molecule is C=C(NCC(=O)NCC(C)(F)F)c1cc(C)ccc1Cl. The molecule has 0 aliphatic carbocycles. The minimum absolute atomic E-state index is 0.140. The highest BCUT2D eigenvalue weighted by molar-refractivity contribution is 6.32. The number of hydrogen-bond acceptors (Lipinski definition) is 2. The summed E-state index contributed by atoms with van der Waals surface area (Å²) < 4.78 is 25.1. The molecule has 0 bridgehead atoms. The van der Waals surface area contributed by atoms with E-state index in [2.05, 4.69) is 17.2 Å². The zero-order chi connectivity index (χ0) is 15.3. The highest BCUT2D eigenvalue weighted by atomic mass is 35.5. The molecule has 0 spiro atoms. The fourth-order valence-corrected chi connectivity index (χ4v) is 1.70. The molecule has 0 unspecified atom stereocenters. The third kappa shape index (κ3) is 5.57. The van der Waals surface area contributed by atoms with E-state index in [9.17, 15) is 13.6 Å². The van der Waals surface area contributed by atoms with Crippen LogP contribution in [0.2, 0.25) is 5.02 Å². The summed E-state index contributed by atoms with van der Waals surface area (Å²) in [5.41, 5.74) is 2.15. The lowest BCUT2D eigenvalue weighted by Crippen LogP contribution is -2.39. The summed E-state index contributed by atoms with van der Waals surface area (Å²) in [4.78, 5) is 11.4. The molecule has 0 aliphatic rings. The molecule has 0 saturated carbocycles. The number of aryl methyl sites for hydroxylation is 1. The maximum absolute atomic E-state index is 12.6. The second-order valence-corrected chi connectivity index (χ2v) is 5.07. The summed E-state index contributed by atoms with van der Waals surface area (Å²) in [5, 5.41) is 5.41. The summed E-state index contributed by atoms with van der Waals surface area (Å²) in [6, 6.07) is 5.42. The summed E-state index contributed by atoms with van der Waals surface area (Å²) in [7, 11) is 0. The number of hydrogen-bond donors (Lipinski definition) is 2. The van der Waals surface area contributed by atoms with E-state index in [1.165, 1.54) is 0 Å². The van der Waals surface area contributed by atoms with E-state index in [0.717, 1.165) is 12.5 Å². The zero-order valence-electron chi connectivity index (χ0n) is 11.4. The highest BCUT2D eigenvalue weighted by Gasteiger charge is 2.21. The first kappa shape index (κ1) is 16.4. The van der Waals surface area contributed by atoms with Gasteiger partial charge in [0.05, 0.1) is 13.1 Å². The van der Waals surface area contributed by atoms with E-state index in [4.69, 9.17) is 11.6 Å². The molecular formula is C14H17ClF2N2O. The first-order chi connectivity index (χ1) is 9.19. The van der Waals surface area contributed by atoms with Gasteiger partial charge in [-0.15, -0.1) is 0 Å². The number of carbonyl (C=O) groups excluding carboxylic acids is 1. The molecule has 0 aliphatic heterocycles. The Morgan fingerprint density at radius 3 is 2.65 bits per heavy atom. The van der Waals surface area contributed by atoms with E-state index in [-0.39, 0.29) is 6.54 Å². The van der Waals surface area contributed by atoms with E-state index < -0.39 is 18.4 Å². The Morgan fingerprint density at radius 2 is 2.05 bits per heavy atom. The molecule has 6 heteroatoms. The van der Waals surface area contributed by atoms with Crippen LogP contribution < -0.4 is 10.6 Å². The van der Waals surface area contributed by atoms with Crippen molar-refractivity contribution >= 4 is 23.2 Å². The van der Waals surface area contributed by atoms with E-state index >= 15 is 0 Å². The first-order valence-electron chi connectivity index (χ1n) is 6.03. The Labute approximate surface area is 122 Å². The summed E-state index contributed by atoms with van der Waals surface area (Å²) in [6.07, 6.45) is 0. The minimum atomic E-state index is -2.92. The quantitative estimate of drug-likeness (QED) is 0.848. The second kappa shape index (κ2) is 6.70. The maximum Gasteiger partial charge on any atom is 0.262 e. The van der Waals surface area contributed by atoms with Gasteiger partial charge in [-0.05, 0) is 19.1 Å². The van der Waals surface area contributed by atoms with Gasteiger partial charge in [-0.3, -0.25) is 4.79 Å². The molecule has 1 aromatic rings. The van der Waals surface area contributed by atoms with Crippen LogP contribution in [-0.2, 0) is 4.79 Å². The second-order valence-electron chi connectivity index (χ2n) is 4.66. The summed E-state index contributed by atoms with van der Waals surface area (Å²) in [5.74, 6) is -3.46. The number of halogens is 3. The van der Waals surface area contributed by atoms with Crippen LogP contribution in [0.1, 0.15) is 18.1 Å². The first-order valence-corrected chi connectivity index (χ1v) is 6.40. The molecule has 2 N–H and O–H groups in total. The Kier molecular flexibility index (Phi) is 5.51. The average molecular weight is 303 g/mol. The molecular weight excluding hydrogens is 286 g/mol. The summed E-state index contributed by atoms with van der Waals surface area (Å²) in [6.45, 7) is 5.60. The molecule has 0 heterocycles. The standard InChI is InChI=1S/C14H17ClF2N2O/c1-9-4-5-12(15)11(6-9)10(2)18-7-13(20)19-8-14(3,16)17/h4-6,18H,2,7-8H2,1,3H3,(H,19,20). The van der Waals surface area contributed by atoms with Crippen molar-refractivity contribution in [3.63, 3.8) is 0 Å². The van der Waals surface area contributed by atoms with Crippen LogP contribution in [0.15, 0.2) is 24.8 Å². The van der Waals surface area contributed by atoms with Crippen LogP contribution in [0.25, 0.3) is 5.70 Å². The fraction of sp³-hybridized carbons (Fsp3) is 0.357. The molecule has 1 amide bonds. The molecule has 0 atom stereocenters. The van der Waals surface area contributed by atoms with Crippen molar-refractivity contribution in [3.8, 4) is 0 Å². The van der Waals surface area contributed by atoms with Gasteiger partial charge < -0.3 is 10.6 Å². The van der Waals surface area contributed by atoms with Gasteiger partial charge in [0.15, 0.2) is 0 Å². The Hall–Kier alpha value is -1.62. The molecule has 1 aromatic carbocycles. The molecule has 0 aromatic heterocycles. The number of carbonyl (C=O) groups is 1. The van der Waals surface area contributed by atoms with E-state index in [1.54, 1.807) is 6.07 Å². The molecule has 0 fully saturated rings. The van der Waals surface area contributed by atoms with Crippen LogP contribution in [0.5, 0.6) is 0 Å². The highest BCUT2D eigenvalue weighted by Crippen LogP contribution is 2.22. The van der Waals surface area contributed by atoms with Gasteiger partial charge in [-0.1, -0.05) is 29.8 Å². The van der Waals surface area contributed by atoms with Gasteiger partial charge in [0.2, 0.25) is 5.91 Å². The van der Waals surface area contributed by atoms with E-state index in [1.807, 2.05) is 19.1 Å². The zero-order valence-corrected chi connectivity index (χ0v) is 12.2. The van der Waals surface area contributed by atoms with Crippen molar-refractivity contribution in [1.29, 1.82) is 0 Å². The predicted molar refractivity (Wildman–Crippen MR) is 76.9 cm³/mol. The van der Waals surface area contributed by atoms with Crippen molar-refractivity contribution in [3.05, 3.63) is 40.9 Å². The lowest BCUT2D eigenvalue weighted by atomic mass is 10.1. The topological polar surface area (TPSA) is 41.1 Å². The molecule has 110 valence electrons. The molecule has 1 rings (SSSR count). The lowest BCUT2D eigenvalue weighted by molar-refractivity contribution is -0.121. The Morgan fingerprint density at radius 1 is 1.40 bits per heavy atom. The number of amides is 1. The van der Waals surface area contributed by atoms with Crippen LogP contribution in [0, 0.1) is 6.92 Å². The Balaban J connectivity index is 2.51. The van der Waals surface area contributed by atoms with Crippen LogP contribution in [0.4, 0.5) is 8.78 Å². The monoisotopic (exact) mass is 302 g/mol. The van der Waals surface area contributed by atoms with Crippen LogP contribution in [0.3, 0.4) is 0 Å². The number of rotatable bonds is 6. The minimum Gasteiger partial charge on any atom is -0.376 e. The van der Waals surface area contributed by atoms with Gasteiger partial charge in [-0.2, -0.15) is 0 Å². The van der Waals surface area contributed by atoms with Crippen molar-refractivity contribution in [2.45, 2.75) is 19.8 Å². The third-order valence-electron chi connectivity index (χ3n) is 2.51. The number of benzene rings is 1. The normalized spacial score (nSPS) is 11.1. The maximum atomic E-state index is 12.6.